The molecule has 0 heterocycles. The predicted molar refractivity (Wildman–Crippen MR) is 84.5 cm³/mol. The smallest absolute Gasteiger partial charge is 0.219 e. The Hall–Kier alpha value is -0.780. The van der Waals surface area contributed by atoms with Crippen LogP contribution in [0.1, 0.15) is 37.7 Å². The maximum atomic E-state index is 11.4. The molecule has 1 aliphatic rings. The molecule has 0 spiro atoms. The topological polar surface area (TPSA) is 38.3 Å². The highest BCUT2D eigenvalue weighted by Crippen LogP contribution is 2.48. The summed E-state index contributed by atoms with van der Waals surface area (Å²) in [6.07, 6.45) is 2.71. The van der Waals surface area contributed by atoms with E-state index in [1.165, 1.54) is 5.56 Å². The van der Waals surface area contributed by atoms with Crippen LogP contribution in [0, 0.1) is 9.49 Å². The SMILES string of the molecule is CCCC(=O)NC[C@@H]1C[C@H]1c1ccc(I)c(OC)c1. The van der Waals surface area contributed by atoms with Crippen molar-refractivity contribution in [2.75, 3.05) is 13.7 Å². The van der Waals surface area contributed by atoms with Crippen molar-refractivity contribution in [1.29, 1.82) is 0 Å². The highest BCUT2D eigenvalue weighted by Gasteiger charge is 2.38. The number of halogens is 1. The van der Waals surface area contributed by atoms with Gasteiger partial charge in [-0.25, -0.2) is 0 Å². The van der Waals surface area contributed by atoms with Gasteiger partial charge >= 0.3 is 0 Å². The molecule has 1 aromatic carbocycles. The van der Waals surface area contributed by atoms with E-state index in [1.54, 1.807) is 7.11 Å². The van der Waals surface area contributed by atoms with Crippen LogP contribution in [0.25, 0.3) is 0 Å². The van der Waals surface area contributed by atoms with Gasteiger partial charge in [-0.2, -0.15) is 0 Å². The van der Waals surface area contributed by atoms with Crippen LogP contribution >= 0.6 is 22.6 Å². The third-order valence-electron chi connectivity index (χ3n) is 3.56. The monoisotopic (exact) mass is 373 g/mol. The zero-order valence-corrected chi connectivity index (χ0v) is 13.6. The van der Waals surface area contributed by atoms with Crippen LogP contribution in [0.4, 0.5) is 0 Å². The molecular formula is C15H20INO2. The van der Waals surface area contributed by atoms with E-state index in [9.17, 15) is 4.79 Å². The van der Waals surface area contributed by atoms with Gasteiger partial charge in [-0.1, -0.05) is 13.0 Å². The Balaban J connectivity index is 1.87. The largest absolute Gasteiger partial charge is 0.496 e. The molecule has 1 N–H and O–H groups in total. The molecule has 2 atom stereocenters. The van der Waals surface area contributed by atoms with Gasteiger partial charge in [-0.05, 0) is 65.0 Å². The molecule has 4 heteroatoms. The molecule has 1 amide bonds. The number of nitrogens with one attached hydrogen (secondary N) is 1. The Labute approximate surface area is 128 Å². The third kappa shape index (κ3) is 3.84. The van der Waals surface area contributed by atoms with E-state index < -0.39 is 0 Å². The molecule has 0 radical (unpaired) electrons. The second-order valence-electron chi connectivity index (χ2n) is 5.05. The van der Waals surface area contributed by atoms with E-state index in [0.717, 1.165) is 28.7 Å². The highest BCUT2D eigenvalue weighted by molar-refractivity contribution is 14.1. The molecular weight excluding hydrogens is 353 g/mol. The second kappa shape index (κ2) is 6.59. The van der Waals surface area contributed by atoms with Crippen molar-refractivity contribution < 1.29 is 9.53 Å². The van der Waals surface area contributed by atoms with Crippen molar-refractivity contribution in [2.24, 2.45) is 5.92 Å². The lowest BCUT2D eigenvalue weighted by atomic mass is 10.1. The van der Waals surface area contributed by atoms with E-state index in [1.807, 2.05) is 6.92 Å². The summed E-state index contributed by atoms with van der Waals surface area (Å²) in [4.78, 5) is 11.4. The summed E-state index contributed by atoms with van der Waals surface area (Å²) in [6, 6.07) is 6.39. The van der Waals surface area contributed by atoms with E-state index in [2.05, 4.69) is 46.1 Å². The van der Waals surface area contributed by atoms with Gasteiger partial charge in [-0.3, -0.25) is 4.79 Å². The average Bonchev–Trinajstić information content (AvgIpc) is 3.17. The number of benzene rings is 1. The molecule has 2 rings (SSSR count). The molecule has 1 fully saturated rings. The normalized spacial score (nSPS) is 21.0. The molecule has 0 saturated heterocycles. The number of hydrogen-bond donors (Lipinski definition) is 1. The first-order valence-corrected chi connectivity index (χ1v) is 7.83. The van der Waals surface area contributed by atoms with Crippen molar-refractivity contribution in [3.05, 3.63) is 27.3 Å². The minimum atomic E-state index is 0.174. The minimum Gasteiger partial charge on any atom is -0.496 e. The van der Waals surface area contributed by atoms with Gasteiger partial charge in [0.1, 0.15) is 5.75 Å². The van der Waals surface area contributed by atoms with Crippen molar-refractivity contribution in [1.82, 2.24) is 5.32 Å². The maximum Gasteiger partial charge on any atom is 0.219 e. The zero-order valence-electron chi connectivity index (χ0n) is 11.4. The summed E-state index contributed by atoms with van der Waals surface area (Å²) in [5, 5.41) is 3.01. The molecule has 3 nitrogen and oxygen atoms in total. The first kappa shape index (κ1) is 14.6. The molecule has 1 saturated carbocycles. The number of carbonyl (C=O) groups excluding carboxylic acids is 1. The van der Waals surface area contributed by atoms with Crippen molar-refractivity contribution in [3.8, 4) is 5.75 Å². The standard InChI is InChI=1S/C15H20INO2/c1-3-4-15(18)17-9-11-7-12(11)10-5-6-13(16)14(8-10)19-2/h5-6,8,11-12H,3-4,7,9H2,1-2H3,(H,17,18)/t11-,12-/m0/s1. The van der Waals surface area contributed by atoms with E-state index in [4.69, 9.17) is 4.74 Å². The van der Waals surface area contributed by atoms with Gasteiger partial charge in [0, 0.05) is 13.0 Å². The Morgan fingerprint density at radius 1 is 1.53 bits per heavy atom. The van der Waals surface area contributed by atoms with Crippen molar-refractivity contribution in [2.45, 2.75) is 32.1 Å². The third-order valence-corrected chi connectivity index (χ3v) is 4.46. The number of rotatable bonds is 6. The van der Waals surface area contributed by atoms with Gasteiger partial charge in [0.15, 0.2) is 0 Å². The molecule has 104 valence electrons. The minimum absolute atomic E-state index is 0.174. The van der Waals surface area contributed by atoms with Crippen LogP contribution in [-0.4, -0.2) is 19.6 Å². The first-order chi connectivity index (χ1) is 9.15. The summed E-state index contributed by atoms with van der Waals surface area (Å²) in [6.45, 7) is 2.83. The fraction of sp³-hybridized carbons (Fsp3) is 0.533. The van der Waals surface area contributed by atoms with Gasteiger partial charge in [0.2, 0.25) is 5.91 Å². The van der Waals surface area contributed by atoms with Crippen LogP contribution in [0.15, 0.2) is 18.2 Å². The van der Waals surface area contributed by atoms with Crippen LogP contribution in [0.2, 0.25) is 0 Å². The van der Waals surface area contributed by atoms with Crippen molar-refractivity contribution in [3.63, 3.8) is 0 Å². The van der Waals surface area contributed by atoms with Crippen LogP contribution in [0.3, 0.4) is 0 Å². The number of methoxy groups -OCH3 is 1. The summed E-state index contributed by atoms with van der Waals surface area (Å²) >= 11 is 2.28. The number of hydrogen-bond acceptors (Lipinski definition) is 2. The molecule has 1 aliphatic carbocycles. The van der Waals surface area contributed by atoms with Gasteiger partial charge in [0.25, 0.3) is 0 Å². The first-order valence-electron chi connectivity index (χ1n) is 6.75. The second-order valence-corrected chi connectivity index (χ2v) is 6.21. The Morgan fingerprint density at radius 3 is 3.00 bits per heavy atom. The van der Waals surface area contributed by atoms with Crippen LogP contribution in [-0.2, 0) is 4.79 Å². The number of ether oxygens (including phenoxy) is 1. The molecule has 0 unspecified atom stereocenters. The fourth-order valence-electron chi connectivity index (χ4n) is 2.35. The van der Waals surface area contributed by atoms with Gasteiger partial charge < -0.3 is 10.1 Å². The molecule has 0 aromatic heterocycles. The molecule has 0 bridgehead atoms. The van der Waals surface area contributed by atoms with E-state index >= 15 is 0 Å². The Kier molecular flexibility index (Phi) is 5.07. The summed E-state index contributed by atoms with van der Waals surface area (Å²) in [5.41, 5.74) is 1.33. The summed E-state index contributed by atoms with van der Waals surface area (Å²) in [7, 11) is 1.70. The Morgan fingerprint density at radius 2 is 2.32 bits per heavy atom. The molecule has 0 aliphatic heterocycles. The quantitative estimate of drug-likeness (QED) is 0.777. The average molecular weight is 373 g/mol. The van der Waals surface area contributed by atoms with Gasteiger partial charge in [0.05, 0.1) is 10.7 Å². The fourth-order valence-corrected chi connectivity index (χ4v) is 2.90. The highest BCUT2D eigenvalue weighted by atomic mass is 127. The Bertz CT molecular complexity index is 461. The maximum absolute atomic E-state index is 11.4. The van der Waals surface area contributed by atoms with Crippen molar-refractivity contribution >= 4 is 28.5 Å². The molecule has 1 aromatic rings. The number of carbonyl (C=O) groups is 1. The summed E-state index contributed by atoms with van der Waals surface area (Å²) < 4.78 is 6.49. The zero-order chi connectivity index (χ0) is 13.8. The lowest BCUT2D eigenvalue weighted by Crippen LogP contribution is -2.25. The number of amides is 1. The van der Waals surface area contributed by atoms with E-state index in [-0.39, 0.29) is 5.91 Å². The van der Waals surface area contributed by atoms with Gasteiger partial charge in [-0.15, -0.1) is 0 Å². The predicted octanol–water partition coefficient (Wildman–Crippen LogP) is 3.32. The lowest BCUT2D eigenvalue weighted by molar-refractivity contribution is -0.121. The van der Waals surface area contributed by atoms with E-state index in [0.29, 0.717) is 18.3 Å². The molecule has 19 heavy (non-hydrogen) atoms. The van der Waals surface area contributed by atoms with Crippen LogP contribution < -0.4 is 10.1 Å². The van der Waals surface area contributed by atoms with Crippen LogP contribution in [0.5, 0.6) is 5.75 Å². The summed E-state index contributed by atoms with van der Waals surface area (Å²) in [5.74, 6) is 2.28. The lowest BCUT2D eigenvalue weighted by Gasteiger charge is -2.07.